The van der Waals surface area contributed by atoms with Crippen LogP contribution >= 0.6 is 23.2 Å². The molecule has 4 nitrogen and oxygen atoms in total. The highest BCUT2D eigenvalue weighted by Gasteiger charge is 2.11. The molecule has 0 aromatic heterocycles. The number of ether oxygens (including phenoxy) is 1. The molecule has 0 heterocycles. The number of hydrogen-bond donors (Lipinski definition) is 1. The van der Waals surface area contributed by atoms with Crippen molar-refractivity contribution in [2.75, 3.05) is 25.2 Å². The molecule has 0 aliphatic heterocycles. The third-order valence-corrected chi connectivity index (χ3v) is 3.93. The molecule has 1 aromatic carbocycles. The zero-order chi connectivity index (χ0) is 14.5. The molecule has 7 heteroatoms. The van der Waals surface area contributed by atoms with Crippen LogP contribution in [0.1, 0.15) is 12.0 Å². The van der Waals surface area contributed by atoms with Crippen molar-refractivity contribution in [2.24, 2.45) is 5.73 Å². The fourth-order valence-electron chi connectivity index (χ4n) is 1.61. The van der Waals surface area contributed by atoms with E-state index in [1.807, 2.05) is 0 Å². The van der Waals surface area contributed by atoms with E-state index in [9.17, 15) is 8.42 Å². The van der Waals surface area contributed by atoms with Crippen LogP contribution in [0.5, 0.6) is 5.75 Å². The molecular formula is C12H17Cl2NO3S. The molecule has 0 saturated heterocycles. The molecule has 0 aliphatic carbocycles. The second-order valence-electron chi connectivity index (χ2n) is 4.25. The average Bonchev–Trinajstić information content (AvgIpc) is 2.25. The van der Waals surface area contributed by atoms with Gasteiger partial charge in [0.25, 0.3) is 0 Å². The summed E-state index contributed by atoms with van der Waals surface area (Å²) < 4.78 is 27.6. The van der Waals surface area contributed by atoms with Crippen LogP contribution in [0.4, 0.5) is 0 Å². The van der Waals surface area contributed by atoms with Gasteiger partial charge in [-0.1, -0.05) is 23.2 Å². The fourth-order valence-corrected chi connectivity index (χ4v) is 2.84. The molecule has 0 radical (unpaired) electrons. The van der Waals surface area contributed by atoms with E-state index >= 15 is 0 Å². The minimum atomic E-state index is -2.97. The topological polar surface area (TPSA) is 69.4 Å². The van der Waals surface area contributed by atoms with Crippen molar-refractivity contribution in [3.05, 3.63) is 27.7 Å². The lowest BCUT2D eigenvalue weighted by molar-refractivity contribution is 0.315. The molecule has 1 rings (SSSR count). The van der Waals surface area contributed by atoms with Crippen LogP contribution in [-0.4, -0.2) is 33.6 Å². The first-order chi connectivity index (χ1) is 8.83. The van der Waals surface area contributed by atoms with Crippen LogP contribution in [-0.2, 0) is 16.3 Å². The molecule has 0 fully saturated rings. The molecule has 2 N–H and O–H groups in total. The fraction of sp³-hybridized carbons (Fsp3) is 0.500. The van der Waals surface area contributed by atoms with Gasteiger partial charge in [0, 0.05) is 11.3 Å². The number of nitrogens with two attached hydrogens (primary N) is 1. The summed E-state index contributed by atoms with van der Waals surface area (Å²) >= 11 is 12.0. The van der Waals surface area contributed by atoms with Crippen LogP contribution in [0.2, 0.25) is 10.0 Å². The molecule has 0 amide bonds. The minimum Gasteiger partial charge on any atom is -0.492 e. The predicted octanol–water partition coefficient (Wildman–Crippen LogP) is 2.31. The SMILES string of the molecule is CS(=O)(=O)CCCOc1c(Cl)cc(Cl)cc1CCN. The zero-order valence-electron chi connectivity index (χ0n) is 10.7. The highest BCUT2D eigenvalue weighted by atomic mass is 35.5. The van der Waals surface area contributed by atoms with Crippen LogP contribution < -0.4 is 10.5 Å². The van der Waals surface area contributed by atoms with E-state index in [1.165, 1.54) is 6.26 Å². The van der Waals surface area contributed by atoms with E-state index in [1.54, 1.807) is 12.1 Å². The Morgan fingerprint density at radius 3 is 2.58 bits per heavy atom. The Balaban J connectivity index is 2.71. The zero-order valence-corrected chi connectivity index (χ0v) is 13.0. The molecule has 0 aliphatic rings. The first kappa shape index (κ1) is 16.6. The van der Waals surface area contributed by atoms with Gasteiger partial charge in [-0.05, 0) is 37.1 Å². The number of sulfone groups is 1. The lowest BCUT2D eigenvalue weighted by Crippen LogP contribution is -2.10. The number of rotatable bonds is 7. The molecule has 1 aromatic rings. The van der Waals surface area contributed by atoms with Gasteiger partial charge < -0.3 is 10.5 Å². The van der Waals surface area contributed by atoms with Gasteiger partial charge in [-0.25, -0.2) is 8.42 Å². The summed E-state index contributed by atoms with van der Waals surface area (Å²) in [6.07, 6.45) is 2.21. The third kappa shape index (κ3) is 5.99. The van der Waals surface area contributed by atoms with Crippen molar-refractivity contribution in [3.63, 3.8) is 0 Å². The van der Waals surface area contributed by atoms with Crippen LogP contribution in [0.15, 0.2) is 12.1 Å². The molecular weight excluding hydrogens is 309 g/mol. The molecule has 108 valence electrons. The summed E-state index contributed by atoms with van der Waals surface area (Å²) in [6, 6.07) is 3.35. The Morgan fingerprint density at radius 2 is 2.00 bits per heavy atom. The predicted molar refractivity (Wildman–Crippen MR) is 79.0 cm³/mol. The first-order valence-electron chi connectivity index (χ1n) is 5.82. The Bertz CT molecular complexity index is 532. The second-order valence-corrected chi connectivity index (χ2v) is 7.35. The lowest BCUT2D eigenvalue weighted by Gasteiger charge is -2.13. The van der Waals surface area contributed by atoms with Crippen LogP contribution in [0.25, 0.3) is 0 Å². The Morgan fingerprint density at radius 1 is 1.32 bits per heavy atom. The molecule has 0 saturated carbocycles. The molecule has 0 atom stereocenters. The van der Waals surface area contributed by atoms with Gasteiger partial charge in [0.1, 0.15) is 15.6 Å². The normalized spacial score (nSPS) is 11.6. The standard InChI is InChI=1S/C12H17Cl2NO3S/c1-19(16,17)6-2-5-18-12-9(3-4-15)7-10(13)8-11(12)14/h7-8H,2-6,15H2,1H3. The van der Waals surface area contributed by atoms with Crippen LogP contribution in [0.3, 0.4) is 0 Å². The van der Waals surface area contributed by atoms with Crippen molar-refractivity contribution < 1.29 is 13.2 Å². The van der Waals surface area contributed by atoms with Crippen molar-refractivity contribution in [2.45, 2.75) is 12.8 Å². The van der Waals surface area contributed by atoms with E-state index < -0.39 is 9.84 Å². The summed E-state index contributed by atoms with van der Waals surface area (Å²) in [4.78, 5) is 0. The third-order valence-electron chi connectivity index (χ3n) is 2.40. The summed E-state index contributed by atoms with van der Waals surface area (Å²) in [6.45, 7) is 0.738. The smallest absolute Gasteiger partial charge is 0.147 e. The van der Waals surface area contributed by atoms with Crippen LogP contribution in [0, 0.1) is 0 Å². The average molecular weight is 326 g/mol. The van der Waals surface area contributed by atoms with E-state index in [0.717, 1.165) is 5.56 Å². The van der Waals surface area contributed by atoms with E-state index in [-0.39, 0.29) is 12.4 Å². The second kappa shape index (κ2) is 7.33. The Labute approximate surface area is 123 Å². The maximum Gasteiger partial charge on any atom is 0.147 e. The number of halogens is 2. The quantitative estimate of drug-likeness (QED) is 0.781. The molecule has 19 heavy (non-hydrogen) atoms. The van der Waals surface area contributed by atoms with Crippen molar-refractivity contribution in [1.82, 2.24) is 0 Å². The van der Waals surface area contributed by atoms with Gasteiger partial charge in [0.2, 0.25) is 0 Å². The maximum absolute atomic E-state index is 11.0. The summed E-state index contributed by atoms with van der Waals surface area (Å²) in [5, 5.41) is 0.937. The maximum atomic E-state index is 11.0. The molecule has 0 unspecified atom stereocenters. The van der Waals surface area contributed by atoms with Gasteiger partial charge in [0.05, 0.1) is 17.4 Å². The lowest BCUT2D eigenvalue weighted by atomic mass is 10.1. The van der Waals surface area contributed by atoms with Gasteiger partial charge >= 0.3 is 0 Å². The number of benzene rings is 1. The number of hydrogen-bond acceptors (Lipinski definition) is 4. The minimum absolute atomic E-state index is 0.0877. The summed E-state index contributed by atoms with van der Waals surface area (Å²) in [7, 11) is -2.97. The van der Waals surface area contributed by atoms with Crippen molar-refractivity contribution >= 4 is 33.0 Å². The molecule has 0 spiro atoms. The highest BCUT2D eigenvalue weighted by Crippen LogP contribution is 2.32. The van der Waals surface area contributed by atoms with Gasteiger partial charge in [-0.15, -0.1) is 0 Å². The van der Waals surface area contributed by atoms with Crippen molar-refractivity contribution in [3.8, 4) is 5.75 Å². The van der Waals surface area contributed by atoms with E-state index in [4.69, 9.17) is 33.7 Å². The van der Waals surface area contributed by atoms with E-state index in [2.05, 4.69) is 0 Å². The summed E-state index contributed by atoms with van der Waals surface area (Å²) in [5.74, 6) is 0.620. The first-order valence-corrected chi connectivity index (χ1v) is 8.63. The largest absolute Gasteiger partial charge is 0.492 e. The van der Waals surface area contributed by atoms with Gasteiger partial charge in [0.15, 0.2) is 0 Å². The van der Waals surface area contributed by atoms with Crippen molar-refractivity contribution in [1.29, 1.82) is 0 Å². The highest BCUT2D eigenvalue weighted by molar-refractivity contribution is 7.90. The van der Waals surface area contributed by atoms with Gasteiger partial charge in [-0.2, -0.15) is 0 Å². The summed E-state index contributed by atoms with van der Waals surface area (Å²) in [5.41, 5.74) is 6.35. The van der Waals surface area contributed by atoms with E-state index in [0.29, 0.717) is 35.2 Å². The Kier molecular flexibility index (Phi) is 6.39. The Hall–Kier alpha value is -0.490. The van der Waals surface area contributed by atoms with Gasteiger partial charge in [-0.3, -0.25) is 0 Å². The monoisotopic (exact) mass is 325 g/mol. The molecule has 0 bridgehead atoms.